The number of amides is 1. The van der Waals surface area contributed by atoms with E-state index < -0.39 is 23.5 Å². The monoisotopic (exact) mass is 329 g/mol. The Morgan fingerprint density at radius 2 is 2.13 bits per heavy atom. The topological polar surface area (TPSA) is 76.1 Å². The van der Waals surface area contributed by atoms with Crippen LogP contribution in [0.15, 0.2) is 18.2 Å². The Balaban J connectivity index is 2.47. The molecule has 1 aliphatic rings. The number of nitrogens with zero attached hydrogens (tertiary/aromatic N) is 1. The molecule has 0 aromatic heterocycles. The Bertz CT molecular complexity index is 632. The number of alkyl halides is 2. The Kier molecular flexibility index (Phi) is 4.44. The predicted molar refractivity (Wildman–Crippen MR) is 77.0 cm³/mol. The molecule has 1 atom stereocenters. The summed E-state index contributed by atoms with van der Waals surface area (Å²) in [5.41, 5.74) is -0.460. The summed E-state index contributed by atoms with van der Waals surface area (Å²) >= 11 is 0. The second kappa shape index (κ2) is 6.02. The molecule has 23 heavy (non-hydrogen) atoms. The maximum atomic E-state index is 13.7. The lowest BCUT2D eigenvalue weighted by Crippen LogP contribution is -2.37. The zero-order valence-corrected chi connectivity index (χ0v) is 12.9. The van der Waals surface area contributed by atoms with Gasteiger partial charge in [0.2, 0.25) is 0 Å². The number of hydrogen-bond donors (Lipinski definition) is 1. The number of carboxylic acid groups (broad SMARTS) is 1. The molecule has 0 unspecified atom stereocenters. The Morgan fingerprint density at radius 1 is 1.48 bits per heavy atom. The van der Waals surface area contributed by atoms with Crippen LogP contribution in [0.2, 0.25) is 0 Å². The van der Waals surface area contributed by atoms with E-state index in [1.165, 1.54) is 17.0 Å². The number of hydrogen-bond acceptors (Lipinski definition) is 4. The minimum atomic E-state index is -4.09. The first-order valence-electron chi connectivity index (χ1n) is 6.95. The number of carbonyl (C=O) groups is 2. The quantitative estimate of drug-likeness (QED) is 0.899. The van der Waals surface area contributed by atoms with Crippen LogP contribution in [0, 0.1) is 5.92 Å². The fourth-order valence-corrected chi connectivity index (χ4v) is 2.43. The van der Waals surface area contributed by atoms with Gasteiger partial charge in [-0.05, 0) is 18.1 Å². The molecular formula is C15H17F2NO5. The second-order valence-electron chi connectivity index (χ2n) is 5.52. The second-order valence-corrected chi connectivity index (χ2v) is 5.52. The standard InChI is InChI=1S/C15H17F2NO5/c1-8(2)11-7-23-14(21)18(11)9-4-5-10(12(6-9)22-3)15(16,17)13(19)20/h4-6,8,11H,7H2,1-3H3,(H,19,20)/t11-/m0/s1. The SMILES string of the molecule is COc1cc(N2C(=O)OC[C@H]2C(C)C)ccc1C(F)(F)C(=O)O. The molecule has 1 amide bonds. The van der Waals surface area contributed by atoms with E-state index in [0.29, 0.717) is 5.69 Å². The van der Waals surface area contributed by atoms with E-state index in [4.69, 9.17) is 14.6 Å². The molecule has 8 heteroatoms. The average Bonchev–Trinajstić information content (AvgIpc) is 2.88. The molecule has 1 aromatic rings. The lowest BCUT2D eigenvalue weighted by atomic mass is 10.0. The molecule has 1 N–H and O–H groups in total. The van der Waals surface area contributed by atoms with E-state index in [1.807, 2.05) is 13.8 Å². The first-order chi connectivity index (χ1) is 10.7. The summed E-state index contributed by atoms with van der Waals surface area (Å²) in [6, 6.07) is 3.19. The molecular weight excluding hydrogens is 312 g/mol. The van der Waals surface area contributed by atoms with Gasteiger partial charge < -0.3 is 14.6 Å². The number of cyclic esters (lactones) is 1. The number of anilines is 1. The molecule has 0 bridgehead atoms. The van der Waals surface area contributed by atoms with Crippen LogP contribution in [0.4, 0.5) is 19.3 Å². The lowest BCUT2D eigenvalue weighted by Gasteiger charge is -2.25. The molecule has 2 rings (SSSR count). The average molecular weight is 329 g/mol. The van der Waals surface area contributed by atoms with Crippen molar-refractivity contribution in [2.45, 2.75) is 25.8 Å². The van der Waals surface area contributed by atoms with Crippen molar-refractivity contribution in [2.24, 2.45) is 5.92 Å². The van der Waals surface area contributed by atoms with Gasteiger partial charge in [0, 0.05) is 6.07 Å². The van der Waals surface area contributed by atoms with Gasteiger partial charge in [-0.2, -0.15) is 8.78 Å². The van der Waals surface area contributed by atoms with Crippen molar-refractivity contribution in [2.75, 3.05) is 18.6 Å². The van der Waals surface area contributed by atoms with Crippen LogP contribution in [0.3, 0.4) is 0 Å². The molecule has 1 saturated heterocycles. The van der Waals surface area contributed by atoms with Crippen molar-refractivity contribution in [3.63, 3.8) is 0 Å². The van der Waals surface area contributed by atoms with Crippen LogP contribution in [0.25, 0.3) is 0 Å². The van der Waals surface area contributed by atoms with Gasteiger partial charge in [-0.1, -0.05) is 13.8 Å². The number of rotatable bonds is 5. The van der Waals surface area contributed by atoms with Crippen LogP contribution in [0.5, 0.6) is 5.75 Å². The molecule has 0 aliphatic carbocycles. The molecule has 0 saturated carbocycles. The molecule has 126 valence electrons. The molecule has 1 aliphatic heterocycles. The van der Waals surface area contributed by atoms with Gasteiger partial charge in [0.15, 0.2) is 0 Å². The van der Waals surface area contributed by atoms with Gasteiger partial charge >= 0.3 is 18.0 Å². The Labute approximate surface area is 131 Å². The van der Waals surface area contributed by atoms with Crippen LogP contribution in [-0.2, 0) is 15.5 Å². The van der Waals surface area contributed by atoms with Gasteiger partial charge in [-0.15, -0.1) is 0 Å². The molecule has 0 spiro atoms. The van der Waals surface area contributed by atoms with Gasteiger partial charge in [0.25, 0.3) is 0 Å². The first kappa shape index (κ1) is 17.0. The third kappa shape index (κ3) is 2.93. The highest BCUT2D eigenvalue weighted by Crippen LogP contribution is 2.39. The van der Waals surface area contributed by atoms with Gasteiger partial charge in [-0.25, -0.2) is 9.59 Å². The lowest BCUT2D eigenvalue weighted by molar-refractivity contribution is -0.166. The van der Waals surface area contributed by atoms with E-state index in [9.17, 15) is 18.4 Å². The fourth-order valence-electron chi connectivity index (χ4n) is 2.43. The highest BCUT2D eigenvalue weighted by molar-refractivity contribution is 5.91. The summed E-state index contributed by atoms with van der Waals surface area (Å²) in [7, 11) is 1.16. The highest BCUT2D eigenvalue weighted by atomic mass is 19.3. The summed E-state index contributed by atoms with van der Waals surface area (Å²) in [5, 5.41) is 8.66. The van der Waals surface area contributed by atoms with Crippen LogP contribution in [-0.4, -0.2) is 36.9 Å². The number of halogens is 2. The van der Waals surface area contributed by atoms with E-state index in [1.54, 1.807) is 0 Å². The minimum Gasteiger partial charge on any atom is -0.496 e. The van der Waals surface area contributed by atoms with Gasteiger partial charge in [0.1, 0.15) is 12.4 Å². The zero-order valence-electron chi connectivity index (χ0n) is 12.9. The number of carbonyl (C=O) groups excluding carboxylic acids is 1. The van der Waals surface area contributed by atoms with Crippen molar-refractivity contribution in [3.8, 4) is 5.75 Å². The third-order valence-corrected chi connectivity index (χ3v) is 3.75. The largest absolute Gasteiger partial charge is 0.496 e. The number of methoxy groups -OCH3 is 1. The smallest absolute Gasteiger partial charge is 0.414 e. The minimum absolute atomic E-state index is 0.0904. The predicted octanol–water partition coefficient (Wildman–Crippen LogP) is 2.85. The van der Waals surface area contributed by atoms with E-state index in [0.717, 1.165) is 13.2 Å². The first-order valence-corrected chi connectivity index (χ1v) is 6.95. The zero-order chi connectivity index (χ0) is 17.4. The fraction of sp³-hybridized carbons (Fsp3) is 0.467. The molecule has 1 fully saturated rings. The van der Waals surface area contributed by atoms with Crippen molar-refractivity contribution in [3.05, 3.63) is 23.8 Å². The summed E-state index contributed by atoms with van der Waals surface area (Å²) < 4.78 is 37.4. The molecule has 0 radical (unpaired) electrons. The summed E-state index contributed by atoms with van der Waals surface area (Å²) in [4.78, 5) is 24.0. The van der Waals surface area contributed by atoms with Crippen LogP contribution in [0.1, 0.15) is 19.4 Å². The Hall–Kier alpha value is -2.38. The van der Waals surface area contributed by atoms with Gasteiger partial charge in [0.05, 0.1) is 24.4 Å². The van der Waals surface area contributed by atoms with Crippen LogP contribution < -0.4 is 9.64 Å². The Morgan fingerprint density at radius 3 is 2.65 bits per heavy atom. The van der Waals surface area contributed by atoms with Crippen molar-refractivity contribution in [1.29, 1.82) is 0 Å². The number of ether oxygens (including phenoxy) is 2. The summed E-state index contributed by atoms with van der Waals surface area (Å²) in [5.74, 6) is -6.58. The van der Waals surface area contributed by atoms with Crippen molar-refractivity contribution < 1.29 is 33.0 Å². The third-order valence-electron chi connectivity index (χ3n) is 3.75. The van der Waals surface area contributed by atoms with E-state index >= 15 is 0 Å². The molecule has 6 nitrogen and oxygen atoms in total. The maximum Gasteiger partial charge on any atom is 0.414 e. The van der Waals surface area contributed by atoms with Crippen LogP contribution >= 0.6 is 0 Å². The van der Waals surface area contributed by atoms with E-state index in [-0.39, 0.29) is 24.3 Å². The maximum absolute atomic E-state index is 13.7. The molecule has 1 heterocycles. The summed E-state index contributed by atoms with van der Waals surface area (Å²) in [6.45, 7) is 4.01. The number of benzene rings is 1. The normalized spacial score (nSPS) is 18.3. The van der Waals surface area contributed by atoms with Crippen molar-refractivity contribution >= 4 is 17.7 Å². The molecule has 1 aromatic carbocycles. The highest BCUT2D eigenvalue weighted by Gasteiger charge is 2.44. The number of aliphatic carboxylic acids is 1. The van der Waals surface area contributed by atoms with E-state index in [2.05, 4.69) is 0 Å². The van der Waals surface area contributed by atoms with Crippen molar-refractivity contribution in [1.82, 2.24) is 0 Å². The summed E-state index contributed by atoms with van der Waals surface area (Å²) in [6.07, 6.45) is -0.580. The number of carboxylic acids is 1. The van der Waals surface area contributed by atoms with Gasteiger partial charge in [-0.3, -0.25) is 4.90 Å².